The number of rotatable bonds is 8. The molecule has 32 heavy (non-hydrogen) atoms. The zero-order chi connectivity index (χ0) is 22.2. The lowest BCUT2D eigenvalue weighted by Gasteiger charge is -2.21. The van der Waals surface area contributed by atoms with Gasteiger partial charge < -0.3 is 4.90 Å². The molecule has 4 rings (SSSR count). The van der Waals surface area contributed by atoms with Gasteiger partial charge in [-0.3, -0.25) is 14.3 Å². The highest BCUT2D eigenvalue weighted by Gasteiger charge is 2.20. The SMILES string of the molecule is N#CCCN(C(=O)CSc1nnc(-c2ccncc2)n1-c1ccccc1)c1ccccc1. The maximum atomic E-state index is 13.1. The quantitative estimate of drug-likeness (QED) is 0.378. The second kappa shape index (κ2) is 10.4. The summed E-state index contributed by atoms with van der Waals surface area (Å²) in [6.45, 7) is 0.341. The van der Waals surface area contributed by atoms with E-state index in [-0.39, 0.29) is 18.1 Å². The number of anilines is 1. The number of carbonyl (C=O) groups excluding carboxylic acids is 1. The average molecular weight is 441 g/mol. The van der Waals surface area contributed by atoms with E-state index in [1.165, 1.54) is 11.8 Å². The number of hydrogen-bond acceptors (Lipinski definition) is 6. The molecule has 0 aliphatic carbocycles. The zero-order valence-corrected chi connectivity index (χ0v) is 18.0. The molecule has 0 atom stereocenters. The lowest BCUT2D eigenvalue weighted by atomic mass is 10.2. The molecule has 158 valence electrons. The van der Waals surface area contributed by atoms with E-state index in [2.05, 4.69) is 21.3 Å². The number of amides is 1. The first-order valence-electron chi connectivity index (χ1n) is 10.0. The summed E-state index contributed by atoms with van der Waals surface area (Å²) < 4.78 is 1.94. The van der Waals surface area contributed by atoms with Crippen LogP contribution in [0.25, 0.3) is 17.1 Å². The van der Waals surface area contributed by atoms with Crippen LogP contribution in [0.1, 0.15) is 6.42 Å². The summed E-state index contributed by atoms with van der Waals surface area (Å²) in [5.74, 6) is 0.754. The highest BCUT2D eigenvalue weighted by molar-refractivity contribution is 7.99. The van der Waals surface area contributed by atoms with Crippen LogP contribution in [0.3, 0.4) is 0 Å². The number of para-hydroxylation sites is 2. The van der Waals surface area contributed by atoms with Gasteiger partial charge in [0.15, 0.2) is 11.0 Å². The molecular formula is C24H20N6OS. The van der Waals surface area contributed by atoms with Crippen LogP contribution in [-0.4, -0.2) is 38.0 Å². The van der Waals surface area contributed by atoms with E-state index >= 15 is 0 Å². The molecule has 8 heteroatoms. The number of nitriles is 1. The van der Waals surface area contributed by atoms with E-state index in [0.717, 1.165) is 16.9 Å². The maximum Gasteiger partial charge on any atom is 0.237 e. The first-order chi connectivity index (χ1) is 15.8. The van der Waals surface area contributed by atoms with Gasteiger partial charge in [-0.1, -0.05) is 48.2 Å². The Kier molecular flexibility index (Phi) is 6.90. The van der Waals surface area contributed by atoms with Crippen LogP contribution in [0, 0.1) is 11.3 Å². The third-order valence-electron chi connectivity index (χ3n) is 4.73. The molecule has 0 unspecified atom stereocenters. The molecule has 0 fully saturated rings. The molecule has 1 amide bonds. The van der Waals surface area contributed by atoms with Crippen molar-refractivity contribution in [2.75, 3.05) is 17.2 Å². The number of benzene rings is 2. The van der Waals surface area contributed by atoms with E-state index in [0.29, 0.717) is 17.5 Å². The zero-order valence-electron chi connectivity index (χ0n) is 17.2. The van der Waals surface area contributed by atoms with Gasteiger partial charge in [-0.2, -0.15) is 5.26 Å². The van der Waals surface area contributed by atoms with Crippen molar-refractivity contribution >= 4 is 23.4 Å². The maximum absolute atomic E-state index is 13.1. The van der Waals surface area contributed by atoms with E-state index in [1.807, 2.05) is 77.4 Å². The van der Waals surface area contributed by atoms with Gasteiger partial charge in [0, 0.05) is 35.9 Å². The monoisotopic (exact) mass is 440 g/mol. The fraction of sp³-hybridized carbons (Fsp3) is 0.125. The van der Waals surface area contributed by atoms with E-state index < -0.39 is 0 Å². The van der Waals surface area contributed by atoms with Gasteiger partial charge in [0.1, 0.15) is 0 Å². The minimum Gasteiger partial charge on any atom is -0.311 e. The third-order valence-corrected chi connectivity index (χ3v) is 5.64. The van der Waals surface area contributed by atoms with E-state index in [4.69, 9.17) is 5.26 Å². The largest absolute Gasteiger partial charge is 0.311 e. The summed E-state index contributed by atoms with van der Waals surface area (Å²) in [4.78, 5) is 18.8. The molecule has 0 bridgehead atoms. The van der Waals surface area contributed by atoms with Gasteiger partial charge in [0.25, 0.3) is 0 Å². The Bertz CT molecular complexity index is 1210. The number of nitrogens with zero attached hydrogens (tertiary/aromatic N) is 6. The van der Waals surface area contributed by atoms with Gasteiger partial charge in [-0.25, -0.2) is 0 Å². The Morgan fingerprint density at radius 3 is 2.34 bits per heavy atom. The molecule has 0 saturated heterocycles. The van der Waals surface area contributed by atoms with Gasteiger partial charge in [0.05, 0.1) is 18.2 Å². The van der Waals surface area contributed by atoms with Crippen molar-refractivity contribution in [1.29, 1.82) is 5.26 Å². The summed E-state index contributed by atoms with van der Waals surface area (Å²) in [5.41, 5.74) is 2.56. The van der Waals surface area contributed by atoms with Crippen LogP contribution in [-0.2, 0) is 4.79 Å². The Balaban J connectivity index is 1.61. The number of carbonyl (C=O) groups is 1. The number of pyridine rings is 1. The van der Waals surface area contributed by atoms with Gasteiger partial charge in [-0.15, -0.1) is 10.2 Å². The Morgan fingerprint density at radius 2 is 1.66 bits per heavy atom. The number of hydrogen-bond donors (Lipinski definition) is 0. The molecule has 0 spiro atoms. The Hall–Kier alpha value is -3.96. The predicted molar refractivity (Wildman–Crippen MR) is 124 cm³/mol. The van der Waals surface area contributed by atoms with Crippen molar-refractivity contribution in [3.63, 3.8) is 0 Å². The molecule has 0 radical (unpaired) electrons. The van der Waals surface area contributed by atoms with Crippen LogP contribution in [0.5, 0.6) is 0 Å². The number of aromatic nitrogens is 4. The second-order valence-electron chi connectivity index (χ2n) is 6.79. The summed E-state index contributed by atoms with van der Waals surface area (Å²) in [6, 6.07) is 25.1. The predicted octanol–water partition coefficient (Wildman–Crippen LogP) is 4.37. The topological polar surface area (TPSA) is 87.7 Å². The lowest BCUT2D eigenvalue weighted by Crippen LogP contribution is -2.33. The lowest BCUT2D eigenvalue weighted by molar-refractivity contribution is -0.116. The molecule has 0 aliphatic rings. The average Bonchev–Trinajstić information content (AvgIpc) is 3.29. The first kappa shape index (κ1) is 21.3. The molecule has 0 N–H and O–H groups in total. The number of thioether (sulfide) groups is 1. The van der Waals surface area contributed by atoms with Crippen LogP contribution >= 0.6 is 11.8 Å². The summed E-state index contributed by atoms with van der Waals surface area (Å²) in [7, 11) is 0. The highest BCUT2D eigenvalue weighted by Crippen LogP contribution is 2.28. The summed E-state index contributed by atoms with van der Waals surface area (Å²) in [6.07, 6.45) is 3.68. The molecule has 2 heterocycles. The minimum absolute atomic E-state index is 0.0930. The van der Waals surface area contributed by atoms with Gasteiger partial charge in [-0.05, 0) is 36.4 Å². The van der Waals surface area contributed by atoms with Crippen molar-refractivity contribution in [3.05, 3.63) is 85.2 Å². The molecule has 7 nitrogen and oxygen atoms in total. The van der Waals surface area contributed by atoms with Gasteiger partial charge in [0.2, 0.25) is 5.91 Å². The minimum atomic E-state index is -0.0930. The smallest absolute Gasteiger partial charge is 0.237 e. The van der Waals surface area contributed by atoms with Crippen LogP contribution in [0.2, 0.25) is 0 Å². The van der Waals surface area contributed by atoms with E-state index in [1.54, 1.807) is 17.3 Å². The van der Waals surface area contributed by atoms with Crippen LogP contribution < -0.4 is 4.90 Å². The first-order valence-corrected chi connectivity index (χ1v) is 11.0. The molecule has 2 aromatic carbocycles. The Labute approximate surface area is 190 Å². The third kappa shape index (κ3) is 4.85. The molecule has 4 aromatic rings. The molecular weight excluding hydrogens is 420 g/mol. The summed E-state index contributed by atoms with van der Waals surface area (Å²) in [5, 5.41) is 18.4. The standard InChI is InChI=1S/C24H20N6OS/c25-14-7-17-29(20-8-3-1-4-9-20)22(31)18-32-24-28-27-23(19-12-15-26-16-13-19)30(24)21-10-5-2-6-11-21/h1-6,8-13,15-16H,7,17-18H2. The van der Waals surface area contributed by atoms with Crippen molar-refractivity contribution in [3.8, 4) is 23.1 Å². The van der Waals surface area contributed by atoms with E-state index in [9.17, 15) is 4.79 Å². The van der Waals surface area contributed by atoms with Crippen molar-refractivity contribution in [1.82, 2.24) is 19.7 Å². The summed E-state index contributed by atoms with van der Waals surface area (Å²) >= 11 is 1.32. The van der Waals surface area contributed by atoms with Gasteiger partial charge >= 0.3 is 0 Å². The van der Waals surface area contributed by atoms with Crippen LogP contribution in [0.15, 0.2) is 90.3 Å². The molecule has 2 aromatic heterocycles. The molecule has 0 saturated carbocycles. The normalized spacial score (nSPS) is 10.5. The highest BCUT2D eigenvalue weighted by atomic mass is 32.2. The fourth-order valence-electron chi connectivity index (χ4n) is 3.23. The van der Waals surface area contributed by atoms with Crippen molar-refractivity contribution in [2.45, 2.75) is 11.6 Å². The van der Waals surface area contributed by atoms with Crippen molar-refractivity contribution in [2.24, 2.45) is 0 Å². The fourth-order valence-corrected chi connectivity index (χ4v) is 4.06. The van der Waals surface area contributed by atoms with Crippen molar-refractivity contribution < 1.29 is 4.79 Å². The second-order valence-corrected chi connectivity index (χ2v) is 7.73. The molecule has 0 aliphatic heterocycles. The Morgan fingerprint density at radius 1 is 0.969 bits per heavy atom. The van der Waals surface area contributed by atoms with Crippen LogP contribution in [0.4, 0.5) is 5.69 Å².